The maximum atomic E-state index is 12.6. The van der Waals surface area contributed by atoms with Gasteiger partial charge in [0.15, 0.2) is 0 Å². The molecule has 0 spiro atoms. The van der Waals surface area contributed by atoms with Crippen molar-refractivity contribution < 1.29 is 14.4 Å². The minimum Gasteiger partial charge on any atom is -0.348 e. The Hall–Kier alpha value is -2.12. The number of thioether (sulfide) groups is 1. The molecule has 0 unspecified atom stereocenters. The van der Waals surface area contributed by atoms with Gasteiger partial charge in [-0.2, -0.15) is 0 Å². The third kappa shape index (κ3) is 4.59. The fourth-order valence-electron chi connectivity index (χ4n) is 3.01. The number of nitrogens with zero attached hydrogens (tertiary/aromatic N) is 1. The number of para-hydroxylation sites is 1. The first kappa shape index (κ1) is 19.6. The molecule has 1 aromatic carbocycles. The van der Waals surface area contributed by atoms with E-state index in [1.807, 2.05) is 23.6 Å². The average Bonchev–Trinajstić information content (AvgIpc) is 3.26. The lowest BCUT2D eigenvalue weighted by molar-refractivity contribution is -0.121. The summed E-state index contributed by atoms with van der Waals surface area (Å²) in [6.07, 6.45) is 0.129. The second kappa shape index (κ2) is 8.71. The van der Waals surface area contributed by atoms with E-state index in [4.69, 9.17) is 0 Å². The second-order valence-corrected chi connectivity index (χ2v) is 8.88. The molecule has 27 heavy (non-hydrogen) atoms. The molecule has 1 aliphatic rings. The van der Waals surface area contributed by atoms with Crippen molar-refractivity contribution in [2.45, 2.75) is 31.6 Å². The summed E-state index contributed by atoms with van der Waals surface area (Å²) in [4.78, 5) is 39.6. The first-order chi connectivity index (χ1) is 13.0. The smallest absolute Gasteiger partial charge is 0.247 e. The number of anilines is 1. The summed E-state index contributed by atoms with van der Waals surface area (Å²) in [6, 6.07) is 12.8. The molecule has 1 saturated heterocycles. The predicted molar refractivity (Wildman–Crippen MR) is 110 cm³/mol. The van der Waals surface area contributed by atoms with Gasteiger partial charge in [0, 0.05) is 11.3 Å². The third-order valence-electron chi connectivity index (χ3n) is 4.37. The van der Waals surface area contributed by atoms with Crippen LogP contribution in [0, 0.1) is 5.92 Å². The number of imide groups is 1. The largest absolute Gasteiger partial charge is 0.348 e. The molecule has 7 heteroatoms. The van der Waals surface area contributed by atoms with Gasteiger partial charge in [-0.3, -0.25) is 14.4 Å². The average molecular weight is 403 g/mol. The third-order valence-corrected chi connectivity index (χ3v) is 6.52. The van der Waals surface area contributed by atoms with Crippen LogP contribution in [0.3, 0.4) is 0 Å². The highest BCUT2D eigenvalue weighted by atomic mass is 32.2. The van der Waals surface area contributed by atoms with Crippen molar-refractivity contribution in [3.8, 4) is 0 Å². The Kier molecular flexibility index (Phi) is 6.34. The lowest BCUT2D eigenvalue weighted by Crippen LogP contribution is -2.34. The second-order valence-electron chi connectivity index (χ2n) is 6.71. The Bertz CT molecular complexity index is 806. The standard InChI is InChI=1S/C20H22N2O3S2/c1-13(2)19(15-9-6-10-26-15)21-17(23)12-27-16-11-18(24)22(20(16)25)14-7-4-3-5-8-14/h3-10,13,16,19H,11-12H2,1-2H3,(H,21,23)/t16-,19-/m0/s1. The lowest BCUT2D eigenvalue weighted by Gasteiger charge is -2.21. The van der Waals surface area contributed by atoms with Gasteiger partial charge < -0.3 is 5.32 Å². The monoisotopic (exact) mass is 402 g/mol. The summed E-state index contributed by atoms with van der Waals surface area (Å²) in [5.41, 5.74) is 0.581. The molecule has 3 amide bonds. The fraction of sp³-hybridized carbons (Fsp3) is 0.350. The maximum absolute atomic E-state index is 12.6. The molecule has 0 aliphatic carbocycles. The molecular weight excluding hydrogens is 380 g/mol. The van der Waals surface area contributed by atoms with Crippen molar-refractivity contribution in [2.75, 3.05) is 10.7 Å². The van der Waals surface area contributed by atoms with Gasteiger partial charge in [0.25, 0.3) is 0 Å². The number of benzene rings is 1. The van der Waals surface area contributed by atoms with E-state index in [2.05, 4.69) is 19.2 Å². The zero-order valence-electron chi connectivity index (χ0n) is 15.3. The molecule has 2 heterocycles. The molecule has 2 atom stereocenters. The Morgan fingerprint density at radius 3 is 2.59 bits per heavy atom. The van der Waals surface area contributed by atoms with Crippen LogP contribution in [0.25, 0.3) is 0 Å². The summed E-state index contributed by atoms with van der Waals surface area (Å²) < 4.78 is 0. The van der Waals surface area contributed by atoms with Gasteiger partial charge in [-0.25, -0.2) is 4.90 Å². The molecule has 0 radical (unpaired) electrons. The molecular formula is C20H22N2O3S2. The number of rotatable bonds is 7. The zero-order chi connectivity index (χ0) is 19.4. The van der Waals surface area contributed by atoms with Gasteiger partial charge in [0.2, 0.25) is 17.7 Å². The van der Waals surface area contributed by atoms with Crippen LogP contribution < -0.4 is 10.2 Å². The van der Waals surface area contributed by atoms with E-state index >= 15 is 0 Å². The summed E-state index contributed by atoms with van der Waals surface area (Å²) >= 11 is 2.85. The van der Waals surface area contributed by atoms with E-state index in [9.17, 15) is 14.4 Å². The normalized spacial score (nSPS) is 18.2. The van der Waals surface area contributed by atoms with Crippen molar-refractivity contribution in [3.63, 3.8) is 0 Å². The summed E-state index contributed by atoms with van der Waals surface area (Å²) in [7, 11) is 0. The number of nitrogens with one attached hydrogen (secondary N) is 1. The highest BCUT2D eigenvalue weighted by Gasteiger charge is 2.40. The number of hydrogen-bond donors (Lipinski definition) is 1. The molecule has 1 aromatic heterocycles. The molecule has 1 fully saturated rings. The number of carbonyl (C=O) groups is 3. The number of thiophene rings is 1. The molecule has 2 aromatic rings. The van der Waals surface area contributed by atoms with Crippen LogP contribution in [-0.4, -0.2) is 28.7 Å². The zero-order valence-corrected chi connectivity index (χ0v) is 16.9. The molecule has 5 nitrogen and oxygen atoms in total. The van der Waals surface area contributed by atoms with Crippen LogP contribution in [0.15, 0.2) is 47.8 Å². The summed E-state index contributed by atoms with van der Waals surface area (Å²) in [6.45, 7) is 4.13. The van der Waals surface area contributed by atoms with E-state index in [-0.39, 0.29) is 41.9 Å². The van der Waals surface area contributed by atoms with Crippen molar-refractivity contribution in [1.29, 1.82) is 0 Å². The Morgan fingerprint density at radius 2 is 1.96 bits per heavy atom. The molecule has 0 saturated carbocycles. The lowest BCUT2D eigenvalue weighted by atomic mass is 10.0. The van der Waals surface area contributed by atoms with Crippen molar-refractivity contribution in [1.82, 2.24) is 5.32 Å². The topological polar surface area (TPSA) is 66.5 Å². The van der Waals surface area contributed by atoms with Crippen LogP contribution in [0.2, 0.25) is 0 Å². The van der Waals surface area contributed by atoms with Crippen LogP contribution in [0.1, 0.15) is 31.2 Å². The van der Waals surface area contributed by atoms with Crippen LogP contribution >= 0.6 is 23.1 Å². The summed E-state index contributed by atoms with van der Waals surface area (Å²) in [5, 5.41) is 4.53. The van der Waals surface area contributed by atoms with E-state index in [1.165, 1.54) is 16.7 Å². The number of hydrogen-bond acceptors (Lipinski definition) is 5. The molecule has 1 N–H and O–H groups in total. The minimum atomic E-state index is -0.511. The van der Waals surface area contributed by atoms with Crippen molar-refractivity contribution in [3.05, 3.63) is 52.7 Å². The molecule has 142 valence electrons. The van der Waals surface area contributed by atoms with E-state index in [1.54, 1.807) is 35.6 Å². The predicted octanol–water partition coefficient (Wildman–Crippen LogP) is 3.63. The van der Waals surface area contributed by atoms with E-state index in [0.717, 1.165) is 4.88 Å². The maximum Gasteiger partial charge on any atom is 0.247 e. The first-order valence-electron chi connectivity index (χ1n) is 8.83. The Balaban J connectivity index is 1.57. The highest BCUT2D eigenvalue weighted by molar-refractivity contribution is 8.01. The summed E-state index contributed by atoms with van der Waals surface area (Å²) in [5.74, 6) is -0.169. The highest BCUT2D eigenvalue weighted by Crippen LogP contribution is 2.30. The number of carbonyl (C=O) groups excluding carboxylic acids is 3. The molecule has 0 bridgehead atoms. The fourth-order valence-corrected chi connectivity index (χ4v) is 4.90. The SMILES string of the molecule is CC(C)[C@H](NC(=O)CS[C@H]1CC(=O)N(c2ccccc2)C1=O)c1cccs1. The minimum absolute atomic E-state index is 0.0418. The van der Waals surface area contributed by atoms with Gasteiger partial charge in [-0.05, 0) is 29.5 Å². The number of amides is 3. The van der Waals surface area contributed by atoms with E-state index in [0.29, 0.717) is 5.69 Å². The molecule has 1 aliphatic heterocycles. The van der Waals surface area contributed by atoms with Crippen molar-refractivity contribution >= 4 is 46.5 Å². The van der Waals surface area contributed by atoms with Gasteiger partial charge in [0.1, 0.15) is 0 Å². The van der Waals surface area contributed by atoms with E-state index < -0.39 is 5.25 Å². The Labute approximate surface area is 167 Å². The molecule has 3 rings (SSSR count). The Morgan fingerprint density at radius 1 is 1.22 bits per heavy atom. The van der Waals surface area contributed by atoms with Gasteiger partial charge >= 0.3 is 0 Å². The van der Waals surface area contributed by atoms with Crippen LogP contribution in [0.5, 0.6) is 0 Å². The van der Waals surface area contributed by atoms with Crippen molar-refractivity contribution in [2.24, 2.45) is 5.92 Å². The van der Waals surface area contributed by atoms with Gasteiger partial charge in [-0.15, -0.1) is 23.1 Å². The van der Waals surface area contributed by atoms with Gasteiger partial charge in [-0.1, -0.05) is 38.1 Å². The van der Waals surface area contributed by atoms with Crippen LogP contribution in [0.4, 0.5) is 5.69 Å². The quantitative estimate of drug-likeness (QED) is 0.718. The van der Waals surface area contributed by atoms with Crippen LogP contribution in [-0.2, 0) is 14.4 Å². The first-order valence-corrected chi connectivity index (χ1v) is 10.8. The van der Waals surface area contributed by atoms with Gasteiger partial charge in [0.05, 0.1) is 22.7 Å².